The zero-order valence-corrected chi connectivity index (χ0v) is 10.6. The van der Waals surface area contributed by atoms with Gasteiger partial charge in [-0.1, -0.05) is 17.7 Å². The average molecular weight is 258 g/mol. The molecule has 0 saturated heterocycles. The Bertz CT molecular complexity index is 406. The van der Waals surface area contributed by atoms with Gasteiger partial charge in [-0.05, 0) is 37.5 Å². The minimum absolute atomic E-state index is 0.0814. The standard InChI is InChI=1S/C13H17ClFNO/c1-9(16-7-13(8-17)4-5-13)10-2-3-12(15)11(14)6-10/h2-3,6,9,16-17H,4-5,7-8H2,1H3. The largest absolute Gasteiger partial charge is 0.396 e. The monoisotopic (exact) mass is 257 g/mol. The minimum atomic E-state index is -0.392. The van der Waals surface area contributed by atoms with E-state index in [9.17, 15) is 9.50 Å². The van der Waals surface area contributed by atoms with Gasteiger partial charge >= 0.3 is 0 Å². The second-order valence-corrected chi connectivity index (χ2v) is 5.34. The summed E-state index contributed by atoms with van der Waals surface area (Å²) in [6.07, 6.45) is 2.15. The van der Waals surface area contributed by atoms with Crippen molar-refractivity contribution in [2.24, 2.45) is 5.41 Å². The molecule has 94 valence electrons. The molecule has 1 unspecified atom stereocenters. The van der Waals surface area contributed by atoms with Crippen LogP contribution in [-0.4, -0.2) is 18.3 Å². The van der Waals surface area contributed by atoms with E-state index in [1.54, 1.807) is 12.1 Å². The Balaban J connectivity index is 1.95. The maximum Gasteiger partial charge on any atom is 0.141 e. The summed E-state index contributed by atoms with van der Waals surface area (Å²) < 4.78 is 13.0. The predicted octanol–water partition coefficient (Wildman–Crippen LogP) is 2.90. The number of hydrogen-bond donors (Lipinski definition) is 2. The van der Waals surface area contributed by atoms with Gasteiger partial charge in [0.1, 0.15) is 5.82 Å². The number of rotatable bonds is 5. The predicted molar refractivity (Wildman–Crippen MR) is 66.6 cm³/mol. The third-order valence-corrected chi connectivity index (χ3v) is 3.81. The molecule has 0 aliphatic heterocycles. The first-order valence-electron chi connectivity index (χ1n) is 5.85. The topological polar surface area (TPSA) is 32.3 Å². The van der Waals surface area contributed by atoms with Crippen LogP contribution in [0.25, 0.3) is 0 Å². The molecule has 1 aliphatic carbocycles. The van der Waals surface area contributed by atoms with Gasteiger partial charge in [0.05, 0.1) is 5.02 Å². The van der Waals surface area contributed by atoms with Gasteiger partial charge < -0.3 is 10.4 Å². The number of hydrogen-bond acceptors (Lipinski definition) is 2. The van der Waals surface area contributed by atoms with Crippen molar-refractivity contribution in [2.75, 3.05) is 13.2 Å². The fourth-order valence-electron chi connectivity index (χ4n) is 1.84. The smallest absolute Gasteiger partial charge is 0.141 e. The molecule has 1 atom stereocenters. The van der Waals surface area contributed by atoms with Gasteiger partial charge in [-0.3, -0.25) is 0 Å². The first-order chi connectivity index (χ1) is 8.06. The van der Waals surface area contributed by atoms with Crippen LogP contribution in [0.3, 0.4) is 0 Å². The highest BCUT2D eigenvalue weighted by Crippen LogP contribution is 2.44. The van der Waals surface area contributed by atoms with Crippen molar-refractivity contribution >= 4 is 11.6 Å². The Morgan fingerprint density at radius 3 is 2.76 bits per heavy atom. The molecule has 4 heteroatoms. The Morgan fingerprint density at radius 1 is 1.53 bits per heavy atom. The fourth-order valence-corrected chi connectivity index (χ4v) is 2.03. The minimum Gasteiger partial charge on any atom is -0.396 e. The lowest BCUT2D eigenvalue weighted by Gasteiger charge is -2.19. The van der Waals surface area contributed by atoms with Crippen LogP contribution in [0.4, 0.5) is 4.39 Å². The molecule has 0 bridgehead atoms. The summed E-state index contributed by atoms with van der Waals surface area (Å²) in [6, 6.07) is 4.87. The molecule has 0 radical (unpaired) electrons. The third-order valence-electron chi connectivity index (χ3n) is 3.52. The van der Waals surface area contributed by atoms with Crippen LogP contribution in [0, 0.1) is 11.2 Å². The van der Waals surface area contributed by atoms with Crippen LogP contribution in [0.1, 0.15) is 31.4 Å². The summed E-state index contributed by atoms with van der Waals surface area (Å²) in [5.74, 6) is -0.392. The van der Waals surface area contributed by atoms with Crippen molar-refractivity contribution in [1.82, 2.24) is 5.32 Å². The molecule has 1 aromatic rings. The molecule has 2 nitrogen and oxygen atoms in total. The lowest BCUT2D eigenvalue weighted by molar-refractivity contribution is 0.204. The van der Waals surface area contributed by atoms with Gasteiger partial charge in [-0.15, -0.1) is 0 Å². The Kier molecular flexibility index (Phi) is 3.71. The zero-order valence-electron chi connectivity index (χ0n) is 9.84. The van der Waals surface area contributed by atoms with E-state index in [4.69, 9.17) is 11.6 Å². The van der Waals surface area contributed by atoms with Gasteiger partial charge in [0.15, 0.2) is 0 Å². The van der Waals surface area contributed by atoms with Crippen molar-refractivity contribution in [1.29, 1.82) is 0 Å². The Morgan fingerprint density at radius 2 is 2.24 bits per heavy atom. The molecule has 0 aromatic heterocycles. The lowest BCUT2D eigenvalue weighted by atomic mass is 10.1. The Labute approximate surface area is 106 Å². The lowest BCUT2D eigenvalue weighted by Crippen LogP contribution is -2.28. The van der Waals surface area contributed by atoms with Crippen LogP contribution in [-0.2, 0) is 0 Å². The van der Waals surface area contributed by atoms with E-state index >= 15 is 0 Å². The van der Waals surface area contributed by atoms with Crippen LogP contribution < -0.4 is 5.32 Å². The van der Waals surface area contributed by atoms with Gasteiger partial charge in [0, 0.05) is 24.6 Å². The maximum atomic E-state index is 13.0. The third kappa shape index (κ3) is 2.97. The molecular weight excluding hydrogens is 241 g/mol. The van der Waals surface area contributed by atoms with Crippen LogP contribution in [0.2, 0.25) is 5.02 Å². The number of halogens is 2. The highest BCUT2D eigenvalue weighted by molar-refractivity contribution is 6.30. The van der Waals surface area contributed by atoms with E-state index < -0.39 is 5.82 Å². The summed E-state index contributed by atoms with van der Waals surface area (Å²) in [5, 5.41) is 12.7. The second-order valence-electron chi connectivity index (χ2n) is 4.93. The number of aliphatic hydroxyl groups excluding tert-OH is 1. The number of benzene rings is 1. The van der Waals surface area contributed by atoms with Crippen LogP contribution in [0.5, 0.6) is 0 Å². The summed E-state index contributed by atoms with van der Waals surface area (Å²) in [7, 11) is 0. The molecule has 0 heterocycles. The normalized spacial score (nSPS) is 19.1. The molecular formula is C13H17ClFNO. The van der Waals surface area contributed by atoms with E-state index in [1.165, 1.54) is 6.07 Å². The fraction of sp³-hybridized carbons (Fsp3) is 0.538. The molecule has 2 rings (SSSR count). The van der Waals surface area contributed by atoms with Crippen molar-refractivity contribution in [2.45, 2.75) is 25.8 Å². The zero-order chi connectivity index (χ0) is 12.5. The van der Waals surface area contributed by atoms with Crippen molar-refractivity contribution in [3.8, 4) is 0 Å². The highest BCUT2D eigenvalue weighted by Gasteiger charge is 2.41. The summed E-state index contributed by atoms with van der Waals surface area (Å²) in [5.41, 5.74) is 1.04. The van der Waals surface area contributed by atoms with Crippen molar-refractivity contribution < 1.29 is 9.50 Å². The van der Waals surface area contributed by atoms with Gasteiger partial charge in [-0.2, -0.15) is 0 Å². The number of nitrogens with one attached hydrogen (secondary N) is 1. The summed E-state index contributed by atoms with van der Waals surface area (Å²) >= 11 is 5.74. The van der Waals surface area contributed by atoms with E-state index in [1.807, 2.05) is 6.92 Å². The first-order valence-corrected chi connectivity index (χ1v) is 6.23. The van der Waals surface area contributed by atoms with Crippen molar-refractivity contribution in [3.63, 3.8) is 0 Å². The average Bonchev–Trinajstić information content (AvgIpc) is 3.10. The van der Waals surface area contributed by atoms with Gasteiger partial charge in [0.2, 0.25) is 0 Å². The highest BCUT2D eigenvalue weighted by atomic mass is 35.5. The van der Waals surface area contributed by atoms with E-state index in [0.29, 0.717) is 0 Å². The second kappa shape index (κ2) is 4.92. The summed E-state index contributed by atoms with van der Waals surface area (Å²) in [6.45, 7) is 3.04. The molecule has 1 fully saturated rings. The summed E-state index contributed by atoms with van der Waals surface area (Å²) in [4.78, 5) is 0. The van der Waals surface area contributed by atoms with E-state index in [-0.39, 0.29) is 23.1 Å². The van der Waals surface area contributed by atoms with E-state index in [2.05, 4.69) is 5.32 Å². The molecule has 1 saturated carbocycles. The SMILES string of the molecule is CC(NCC1(CO)CC1)c1ccc(F)c(Cl)c1. The van der Waals surface area contributed by atoms with E-state index in [0.717, 1.165) is 24.9 Å². The molecule has 0 amide bonds. The molecule has 1 aromatic carbocycles. The maximum absolute atomic E-state index is 13.0. The number of aliphatic hydroxyl groups is 1. The molecule has 0 spiro atoms. The van der Waals surface area contributed by atoms with Gasteiger partial charge in [0.25, 0.3) is 0 Å². The van der Waals surface area contributed by atoms with Crippen molar-refractivity contribution in [3.05, 3.63) is 34.6 Å². The molecule has 2 N–H and O–H groups in total. The molecule has 1 aliphatic rings. The van der Waals surface area contributed by atoms with Crippen LogP contribution >= 0.6 is 11.6 Å². The van der Waals surface area contributed by atoms with Crippen LogP contribution in [0.15, 0.2) is 18.2 Å². The first kappa shape index (κ1) is 12.8. The quantitative estimate of drug-likeness (QED) is 0.850. The van der Waals surface area contributed by atoms with Gasteiger partial charge in [-0.25, -0.2) is 4.39 Å². The molecule has 17 heavy (non-hydrogen) atoms. The Hall–Kier alpha value is -0.640.